The van der Waals surface area contributed by atoms with Crippen LogP contribution < -0.4 is 9.74 Å². The second-order valence-electron chi connectivity index (χ2n) is 3.87. The highest BCUT2D eigenvalue weighted by Gasteiger charge is 2.17. The van der Waals surface area contributed by atoms with Crippen LogP contribution in [0.3, 0.4) is 0 Å². The number of carbonyl (C=O) groups excluding carboxylic acids is 1. The van der Waals surface area contributed by atoms with Crippen LogP contribution in [-0.4, -0.2) is 14.3 Å². The molecule has 0 unspecified atom stereocenters. The van der Waals surface area contributed by atoms with Crippen LogP contribution in [0.2, 0.25) is 0 Å². The molecule has 0 saturated carbocycles. The first kappa shape index (κ1) is 14.6. The minimum absolute atomic E-state index is 0.0401. The molecule has 8 heteroatoms. The van der Waals surface area contributed by atoms with E-state index in [2.05, 4.69) is 15.2 Å². The zero-order valence-electron chi connectivity index (χ0n) is 10.7. The fraction of sp³-hybridized carbons (Fsp3) is 0. The second-order valence-corrected chi connectivity index (χ2v) is 5.53. The van der Waals surface area contributed by atoms with Crippen LogP contribution in [0.4, 0.5) is 0 Å². The fourth-order valence-corrected chi connectivity index (χ4v) is 2.19. The molecule has 0 radical (unpaired) electrons. The first-order chi connectivity index (χ1) is 10.1. The Morgan fingerprint density at radius 3 is 2.14 bits per heavy atom. The fourth-order valence-electron chi connectivity index (χ4n) is 1.43. The Morgan fingerprint density at radius 1 is 0.952 bits per heavy atom. The summed E-state index contributed by atoms with van der Waals surface area (Å²) in [7, 11) is -3.80. The Balaban J connectivity index is 2.06. The maximum Gasteiger partial charge on any atom is 0.348 e. The summed E-state index contributed by atoms with van der Waals surface area (Å²) in [4.78, 5) is 16.6. The van der Waals surface area contributed by atoms with Gasteiger partial charge >= 0.3 is 15.9 Å². The average Bonchev–Trinajstić information content (AvgIpc) is 2.53. The lowest BCUT2D eigenvalue weighted by molar-refractivity contribution is 0.0992. The van der Waals surface area contributed by atoms with Crippen molar-refractivity contribution in [2.24, 2.45) is 10.3 Å². The molecule has 0 saturated heterocycles. The Labute approximate surface area is 121 Å². The van der Waals surface area contributed by atoms with Gasteiger partial charge in [0.05, 0.1) is 10.0 Å². The van der Waals surface area contributed by atoms with Crippen LogP contribution in [0.1, 0.15) is 10.4 Å². The van der Waals surface area contributed by atoms with Gasteiger partial charge < -0.3 is 0 Å². The zero-order chi connectivity index (χ0) is 15.1. The predicted molar refractivity (Wildman–Crippen MR) is 74.5 cm³/mol. The van der Waals surface area contributed by atoms with Crippen LogP contribution in [-0.2, 0) is 10.0 Å². The van der Waals surface area contributed by atoms with Gasteiger partial charge in [-0.1, -0.05) is 41.2 Å². The van der Waals surface area contributed by atoms with Gasteiger partial charge in [-0.2, -0.15) is 8.42 Å². The first-order valence-electron chi connectivity index (χ1n) is 5.86. The van der Waals surface area contributed by atoms with Crippen LogP contribution in [0.5, 0.6) is 0 Å². The van der Waals surface area contributed by atoms with Crippen molar-refractivity contribution in [2.45, 2.75) is 4.90 Å². The van der Waals surface area contributed by atoms with E-state index in [4.69, 9.17) is 0 Å². The molecule has 0 bridgehead atoms. The van der Waals surface area contributed by atoms with E-state index in [0.717, 1.165) is 0 Å². The van der Waals surface area contributed by atoms with Gasteiger partial charge in [-0.05, 0) is 24.3 Å². The highest BCUT2D eigenvalue weighted by Crippen LogP contribution is 2.06. The van der Waals surface area contributed by atoms with Crippen molar-refractivity contribution in [3.8, 4) is 0 Å². The van der Waals surface area contributed by atoms with Gasteiger partial charge in [0.1, 0.15) is 4.90 Å². The lowest BCUT2D eigenvalue weighted by Crippen LogP contribution is -2.18. The molecule has 0 aliphatic heterocycles. The van der Waals surface area contributed by atoms with Crippen molar-refractivity contribution >= 4 is 15.9 Å². The first-order valence-corrected chi connectivity index (χ1v) is 7.35. The Bertz CT molecular complexity index is 783. The highest BCUT2D eigenvalue weighted by molar-refractivity contribution is 7.89. The van der Waals surface area contributed by atoms with Gasteiger partial charge in [-0.15, -0.1) is 0 Å². The van der Waals surface area contributed by atoms with E-state index in [1.165, 1.54) is 12.1 Å². The van der Waals surface area contributed by atoms with Crippen molar-refractivity contribution < 1.29 is 13.2 Å². The maximum atomic E-state index is 11.8. The molecule has 0 atom stereocenters. The second kappa shape index (κ2) is 6.56. The largest absolute Gasteiger partial charge is 0.348 e. The third-order valence-electron chi connectivity index (χ3n) is 2.42. The molecule has 0 spiro atoms. The number of nitrogens with zero attached hydrogens (tertiary/aromatic N) is 3. The number of nitrogens with one attached hydrogen (secondary N) is 1. The minimum Gasteiger partial charge on any atom is -0.261 e. The van der Waals surface area contributed by atoms with E-state index in [-0.39, 0.29) is 4.90 Å². The molecule has 7 nitrogen and oxygen atoms in total. The predicted octanol–water partition coefficient (Wildman–Crippen LogP) is 1.69. The van der Waals surface area contributed by atoms with Crippen molar-refractivity contribution in [1.82, 2.24) is 9.74 Å². The van der Waals surface area contributed by atoms with Crippen molar-refractivity contribution in [3.63, 3.8) is 0 Å². The molecule has 2 aromatic carbocycles. The summed E-state index contributed by atoms with van der Waals surface area (Å²) in [5.74, 6) is -0.613. The summed E-state index contributed by atoms with van der Waals surface area (Å²) in [6.45, 7) is 0. The Hall–Kier alpha value is -2.83. The highest BCUT2D eigenvalue weighted by atomic mass is 32.2. The average molecular weight is 303 g/mol. The lowest BCUT2D eigenvalue weighted by Gasteiger charge is -1.93. The molecule has 0 aliphatic carbocycles. The zero-order valence-corrected chi connectivity index (χ0v) is 11.6. The van der Waals surface area contributed by atoms with Crippen LogP contribution in [0.25, 0.3) is 0 Å². The lowest BCUT2D eigenvalue weighted by atomic mass is 10.2. The van der Waals surface area contributed by atoms with Gasteiger partial charge in [0.15, 0.2) is 0 Å². The number of benzene rings is 2. The van der Waals surface area contributed by atoms with Crippen LogP contribution >= 0.6 is 0 Å². The normalized spacial score (nSPS) is 10.3. The van der Waals surface area contributed by atoms with Crippen molar-refractivity contribution in [1.29, 1.82) is 0 Å². The number of amides is 1. The smallest absolute Gasteiger partial charge is 0.261 e. The quantitative estimate of drug-likeness (QED) is 0.528. The molecule has 1 amide bonds. The van der Waals surface area contributed by atoms with E-state index in [1.807, 2.05) is 4.83 Å². The SMILES string of the molecule is O=C(N=[N+]=NNS(=O)(=O)c1ccccc1)c1ccccc1. The summed E-state index contributed by atoms with van der Waals surface area (Å²) in [5.41, 5.74) is 0.336. The molecule has 1 N–H and O–H groups in total. The molecule has 0 aliphatic rings. The number of carbonyl (C=O) groups is 1. The van der Waals surface area contributed by atoms with Gasteiger partial charge in [0.2, 0.25) is 5.22 Å². The maximum absolute atomic E-state index is 11.8. The van der Waals surface area contributed by atoms with Gasteiger partial charge in [0.25, 0.3) is 0 Å². The molecule has 106 valence electrons. The van der Waals surface area contributed by atoms with Crippen molar-refractivity contribution in [3.05, 3.63) is 66.2 Å². The topological polar surface area (TPSA) is 102 Å². The monoisotopic (exact) mass is 303 g/mol. The summed E-state index contributed by atoms with van der Waals surface area (Å²) < 4.78 is 23.5. The Morgan fingerprint density at radius 2 is 1.52 bits per heavy atom. The summed E-state index contributed by atoms with van der Waals surface area (Å²) in [6, 6.07) is 15.9. The summed E-state index contributed by atoms with van der Waals surface area (Å²) >= 11 is 0. The number of rotatable bonds is 4. The van der Waals surface area contributed by atoms with Gasteiger partial charge in [0, 0.05) is 5.56 Å². The van der Waals surface area contributed by atoms with E-state index in [1.54, 1.807) is 48.5 Å². The third-order valence-corrected chi connectivity index (χ3v) is 3.63. The molecule has 0 heterocycles. The molecule has 2 rings (SSSR count). The molecular weight excluding hydrogens is 292 g/mol. The Kier molecular flexibility index (Phi) is 4.55. The van der Waals surface area contributed by atoms with Crippen LogP contribution in [0, 0.1) is 0 Å². The van der Waals surface area contributed by atoms with E-state index in [0.29, 0.717) is 5.56 Å². The molecule has 21 heavy (non-hydrogen) atoms. The van der Waals surface area contributed by atoms with E-state index < -0.39 is 15.9 Å². The van der Waals surface area contributed by atoms with Crippen molar-refractivity contribution in [2.75, 3.05) is 0 Å². The number of hydrogen-bond acceptors (Lipinski definition) is 4. The number of hydrogen-bond donors (Lipinski definition) is 1. The van der Waals surface area contributed by atoms with Crippen LogP contribution in [0.15, 0.2) is 75.9 Å². The number of sulfonamides is 1. The molecule has 0 fully saturated rings. The minimum atomic E-state index is -3.80. The molecular formula is C13H11N4O3S+. The van der Waals surface area contributed by atoms with E-state index >= 15 is 0 Å². The van der Waals surface area contributed by atoms with E-state index in [9.17, 15) is 13.2 Å². The van der Waals surface area contributed by atoms with Gasteiger partial charge in [-0.25, -0.2) is 0 Å². The molecule has 0 aromatic heterocycles. The third kappa shape index (κ3) is 4.07. The van der Waals surface area contributed by atoms with Gasteiger partial charge in [-0.3, -0.25) is 4.79 Å². The molecule has 2 aromatic rings. The summed E-state index contributed by atoms with van der Waals surface area (Å²) in [6.07, 6.45) is 0. The standard InChI is InChI=1S/C13H10N4O3S/c18-13(11-7-3-1-4-8-11)14-15-16-17-21(19,20)12-9-5-2-6-10-12/h1-10H/p+1. The summed E-state index contributed by atoms with van der Waals surface area (Å²) in [5, 5.41) is 6.47.